The fourth-order valence-electron chi connectivity index (χ4n) is 2.30. The Balaban J connectivity index is 2.02. The summed E-state index contributed by atoms with van der Waals surface area (Å²) in [5, 5.41) is 12.0. The van der Waals surface area contributed by atoms with Crippen LogP contribution < -0.4 is 5.32 Å². The van der Waals surface area contributed by atoms with Crippen LogP contribution in [0.15, 0.2) is 12.1 Å². The Morgan fingerprint density at radius 3 is 2.61 bits per heavy atom. The number of amides is 2. The summed E-state index contributed by atoms with van der Waals surface area (Å²) in [7, 11) is 0. The van der Waals surface area contributed by atoms with E-state index < -0.39 is 23.7 Å². The van der Waals surface area contributed by atoms with Gasteiger partial charge in [-0.25, -0.2) is 9.59 Å². The molecule has 8 heteroatoms. The van der Waals surface area contributed by atoms with Gasteiger partial charge >= 0.3 is 12.1 Å². The highest BCUT2D eigenvalue weighted by Crippen LogP contribution is 2.25. The van der Waals surface area contributed by atoms with Gasteiger partial charge in [0.1, 0.15) is 16.5 Å². The summed E-state index contributed by atoms with van der Waals surface area (Å²) >= 11 is 0.982. The Morgan fingerprint density at radius 1 is 1.35 bits per heavy atom. The molecule has 126 valence electrons. The number of hydrogen-bond donors (Lipinski definition) is 2. The van der Waals surface area contributed by atoms with Gasteiger partial charge in [0.25, 0.3) is 0 Å². The third-order valence-corrected chi connectivity index (χ3v) is 4.24. The summed E-state index contributed by atoms with van der Waals surface area (Å²) in [5.41, 5.74) is -0.620. The van der Waals surface area contributed by atoms with Crippen LogP contribution in [0.25, 0.3) is 0 Å². The predicted molar refractivity (Wildman–Crippen MR) is 85.9 cm³/mol. The van der Waals surface area contributed by atoms with E-state index in [1.807, 2.05) is 0 Å². The Kier molecular flexibility index (Phi) is 4.93. The van der Waals surface area contributed by atoms with Crippen LogP contribution in [0.1, 0.15) is 43.3 Å². The van der Waals surface area contributed by atoms with E-state index in [1.54, 1.807) is 26.8 Å². The minimum Gasteiger partial charge on any atom is -0.477 e. The van der Waals surface area contributed by atoms with Crippen LogP contribution in [-0.4, -0.2) is 46.2 Å². The van der Waals surface area contributed by atoms with Crippen LogP contribution >= 0.6 is 11.3 Å². The van der Waals surface area contributed by atoms with Crippen molar-refractivity contribution in [2.24, 2.45) is 0 Å². The van der Waals surface area contributed by atoms with Gasteiger partial charge in [0, 0.05) is 6.54 Å². The fourth-order valence-corrected chi connectivity index (χ4v) is 3.05. The molecule has 2 N–H and O–H groups in total. The van der Waals surface area contributed by atoms with Crippen LogP contribution in [0.3, 0.4) is 0 Å². The summed E-state index contributed by atoms with van der Waals surface area (Å²) in [4.78, 5) is 37.0. The van der Waals surface area contributed by atoms with E-state index in [1.165, 1.54) is 11.0 Å². The number of nitrogens with zero attached hydrogens (tertiary/aromatic N) is 1. The lowest BCUT2D eigenvalue weighted by molar-refractivity contribution is -0.120. The Bertz CT molecular complexity index is 620. The maximum Gasteiger partial charge on any atom is 0.410 e. The first-order valence-corrected chi connectivity index (χ1v) is 8.12. The largest absolute Gasteiger partial charge is 0.477 e. The minimum absolute atomic E-state index is 0.149. The molecule has 7 nitrogen and oxygen atoms in total. The van der Waals surface area contributed by atoms with Gasteiger partial charge in [-0.15, -0.1) is 11.3 Å². The second kappa shape index (κ2) is 6.57. The van der Waals surface area contributed by atoms with Gasteiger partial charge in [-0.05, 0) is 45.7 Å². The van der Waals surface area contributed by atoms with Crippen LogP contribution in [0.5, 0.6) is 0 Å². The number of carboxylic acid groups (broad SMARTS) is 1. The molecule has 1 aromatic heterocycles. The summed E-state index contributed by atoms with van der Waals surface area (Å²) in [6.45, 7) is 5.79. The number of hydrogen-bond acceptors (Lipinski definition) is 5. The quantitative estimate of drug-likeness (QED) is 0.882. The maximum atomic E-state index is 12.4. The van der Waals surface area contributed by atoms with E-state index in [9.17, 15) is 14.4 Å². The van der Waals surface area contributed by atoms with E-state index in [0.717, 1.165) is 17.8 Å². The molecule has 1 fully saturated rings. The van der Waals surface area contributed by atoms with E-state index in [2.05, 4.69) is 5.32 Å². The monoisotopic (exact) mass is 340 g/mol. The Morgan fingerprint density at radius 2 is 2.04 bits per heavy atom. The zero-order valence-corrected chi connectivity index (χ0v) is 14.1. The van der Waals surface area contributed by atoms with Crippen molar-refractivity contribution >= 4 is 34.3 Å². The molecular weight excluding hydrogens is 320 g/mol. The summed E-state index contributed by atoms with van der Waals surface area (Å²) in [6, 6.07) is 2.38. The molecular formula is C15H20N2O5S. The number of carboxylic acids is 1. The number of likely N-dealkylation sites (tertiary alicyclic amines) is 1. The third kappa shape index (κ3) is 4.44. The molecule has 23 heavy (non-hydrogen) atoms. The lowest BCUT2D eigenvalue weighted by Gasteiger charge is -2.27. The van der Waals surface area contributed by atoms with E-state index in [0.29, 0.717) is 18.0 Å². The third-order valence-electron chi connectivity index (χ3n) is 3.25. The standard InChI is InChI=1S/C15H20N2O5S/c1-15(2,3)22-14(21)17-8-4-5-9(17)12(18)16-11-7-6-10(23-11)13(19)20/h6-7,9H,4-5,8H2,1-3H3,(H,16,18)(H,19,20)/t9-/m0/s1. The van der Waals surface area contributed by atoms with Crippen LogP contribution in [0.4, 0.5) is 9.80 Å². The van der Waals surface area contributed by atoms with Crippen molar-refractivity contribution in [2.75, 3.05) is 11.9 Å². The number of aromatic carboxylic acids is 1. The van der Waals surface area contributed by atoms with Crippen LogP contribution in [0, 0.1) is 0 Å². The van der Waals surface area contributed by atoms with Crippen molar-refractivity contribution in [3.8, 4) is 0 Å². The maximum absolute atomic E-state index is 12.4. The predicted octanol–water partition coefficient (Wildman–Crippen LogP) is 2.78. The number of nitrogens with one attached hydrogen (secondary N) is 1. The number of carbonyl (C=O) groups excluding carboxylic acids is 2. The van der Waals surface area contributed by atoms with Crippen molar-refractivity contribution in [1.82, 2.24) is 4.90 Å². The fraction of sp³-hybridized carbons (Fsp3) is 0.533. The van der Waals surface area contributed by atoms with Crippen LogP contribution in [0.2, 0.25) is 0 Å². The van der Waals surface area contributed by atoms with E-state index in [4.69, 9.17) is 9.84 Å². The highest BCUT2D eigenvalue weighted by Gasteiger charge is 2.36. The lowest BCUT2D eigenvalue weighted by Crippen LogP contribution is -2.45. The van der Waals surface area contributed by atoms with Gasteiger partial charge in [-0.3, -0.25) is 9.69 Å². The van der Waals surface area contributed by atoms with Gasteiger partial charge in [-0.1, -0.05) is 0 Å². The van der Waals surface area contributed by atoms with Gasteiger partial charge in [0.15, 0.2) is 0 Å². The van der Waals surface area contributed by atoms with Gasteiger partial charge in [0.05, 0.1) is 5.00 Å². The van der Waals surface area contributed by atoms with Crippen LogP contribution in [-0.2, 0) is 9.53 Å². The average Bonchev–Trinajstić information content (AvgIpc) is 3.04. The molecule has 0 radical (unpaired) electrons. The number of rotatable bonds is 3. The summed E-state index contributed by atoms with van der Waals surface area (Å²) in [5.74, 6) is -1.36. The van der Waals surface area contributed by atoms with Gasteiger partial charge in [-0.2, -0.15) is 0 Å². The SMILES string of the molecule is CC(C)(C)OC(=O)N1CCC[C@H]1C(=O)Nc1ccc(C(=O)O)s1. The first-order valence-electron chi connectivity index (χ1n) is 7.31. The number of thiophene rings is 1. The highest BCUT2D eigenvalue weighted by atomic mass is 32.1. The topological polar surface area (TPSA) is 95.9 Å². The van der Waals surface area contributed by atoms with Gasteiger partial charge < -0.3 is 15.2 Å². The second-order valence-corrected chi connectivity index (χ2v) is 7.37. The van der Waals surface area contributed by atoms with Gasteiger partial charge in [0.2, 0.25) is 5.91 Å². The number of anilines is 1. The first kappa shape index (κ1) is 17.3. The Hall–Kier alpha value is -2.09. The zero-order chi connectivity index (χ0) is 17.2. The van der Waals surface area contributed by atoms with Crippen molar-refractivity contribution in [3.05, 3.63) is 17.0 Å². The molecule has 0 unspecified atom stereocenters. The summed E-state index contributed by atoms with van der Waals surface area (Å²) < 4.78 is 5.32. The molecule has 0 bridgehead atoms. The Labute approximate surface area is 138 Å². The van der Waals surface area contributed by atoms with Crippen molar-refractivity contribution in [2.45, 2.75) is 45.3 Å². The molecule has 2 amide bonds. The smallest absolute Gasteiger partial charge is 0.410 e. The van der Waals surface area contributed by atoms with Crippen molar-refractivity contribution in [1.29, 1.82) is 0 Å². The van der Waals surface area contributed by atoms with E-state index >= 15 is 0 Å². The highest BCUT2D eigenvalue weighted by molar-refractivity contribution is 7.18. The zero-order valence-electron chi connectivity index (χ0n) is 13.3. The van der Waals surface area contributed by atoms with E-state index in [-0.39, 0.29) is 10.8 Å². The number of ether oxygens (including phenoxy) is 1. The molecule has 0 aromatic carbocycles. The lowest BCUT2D eigenvalue weighted by atomic mass is 10.2. The molecule has 1 aliphatic heterocycles. The number of carbonyl (C=O) groups is 3. The second-order valence-electron chi connectivity index (χ2n) is 6.29. The molecule has 2 rings (SSSR count). The van der Waals surface area contributed by atoms with Crippen molar-refractivity contribution < 1.29 is 24.2 Å². The van der Waals surface area contributed by atoms with Crippen molar-refractivity contribution in [3.63, 3.8) is 0 Å². The molecule has 0 saturated carbocycles. The molecule has 0 aliphatic carbocycles. The molecule has 2 heterocycles. The normalized spacial score (nSPS) is 17.9. The first-order chi connectivity index (χ1) is 10.7. The molecule has 1 saturated heterocycles. The molecule has 1 aromatic rings. The molecule has 1 aliphatic rings. The molecule has 1 atom stereocenters. The average molecular weight is 340 g/mol. The minimum atomic E-state index is -1.04. The molecule has 0 spiro atoms. The summed E-state index contributed by atoms with van der Waals surface area (Å²) in [6.07, 6.45) is 0.775.